The number of hydrogen-bond acceptors (Lipinski definition) is 6. The first kappa shape index (κ1) is 19.1. The van der Waals surface area contributed by atoms with Crippen LogP contribution in [0.25, 0.3) is 10.2 Å². The van der Waals surface area contributed by atoms with Crippen LogP contribution in [0.2, 0.25) is 10.0 Å². The molecule has 2 aromatic carbocycles. The highest BCUT2D eigenvalue weighted by atomic mass is 35.5. The minimum atomic E-state index is -0.185. The van der Waals surface area contributed by atoms with Gasteiger partial charge in [0.05, 0.1) is 40.9 Å². The topological polar surface area (TPSA) is 60.5 Å². The summed E-state index contributed by atoms with van der Waals surface area (Å²) < 4.78 is 12.3. The van der Waals surface area contributed by atoms with Crippen LogP contribution in [0.4, 0.5) is 5.69 Å². The quantitative estimate of drug-likeness (QED) is 0.536. The van der Waals surface area contributed by atoms with Gasteiger partial charge < -0.3 is 14.8 Å². The number of nitrogens with zero attached hydrogens (tertiary/aromatic N) is 1. The number of aromatic nitrogens is 1. The number of rotatable bonds is 6. The van der Waals surface area contributed by atoms with Gasteiger partial charge in [-0.15, -0.1) is 11.3 Å². The van der Waals surface area contributed by atoms with Gasteiger partial charge in [-0.25, -0.2) is 4.98 Å². The van der Waals surface area contributed by atoms with E-state index in [1.165, 1.54) is 37.3 Å². The van der Waals surface area contributed by atoms with E-state index in [0.29, 0.717) is 27.2 Å². The maximum Gasteiger partial charge on any atom is 0.234 e. The van der Waals surface area contributed by atoms with Gasteiger partial charge in [0.25, 0.3) is 0 Å². The predicted molar refractivity (Wildman–Crippen MR) is 109 cm³/mol. The lowest BCUT2D eigenvalue weighted by Gasteiger charge is -2.12. The summed E-state index contributed by atoms with van der Waals surface area (Å²) in [6.07, 6.45) is 0. The molecule has 1 heterocycles. The van der Waals surface area contributed by atoms with Crippen LogP contribution in [0.3, 0.4) is 0 Å². The van der Waals surface area contributed by atoms with Crippen molar-refractivity contribution in [3.05, 3.63) is 40.4 Å². The minimum Gasteiger partial charge on any atom is -0.495 e. The number of thioether (sulfide) groups is 1. The lowest BCUT2D eigenvalue weighted by Crippen LogP contribution is -2.14. The van der Waals surface area contributed by atoms with Crippen LogP contribution < -0.4 is 14.8 Å². The molecule has 1 aromatic heterocycles. The van der Waals surface area contributed by atoms with E-state index >= 15 is 0 Å². The molecule has 0 aliphatic rings. The van der Waals surface area contributed by atoms with E-state index in [0.717, 1.165) is 14.6 Å². The summed E-state index contributed by atoms with van der Waals surface area (Å²) in [6, 6.07) is 8.78. The Labute approximate surface area is 168 Å². The van der Waals surface area contributed by atoms with E-state index in [-0.39, 0.29) is 11.7 Å². The van der Waals surface area contributed by atoms with E-state index in [4.69, 9.17) is 32.7 Å². The molecular formula is C17H14Cl2N2O3S2. The molecule has 0 aliphatic heterocycles. The largest absolute Gasteiger partial charge is 0.495 e. The average molecular weight is 429 g/mol. The summed E-state index contributed by atoms with van der Waals surface area (Å²) >= 11 is 14.9. The van der Waals surface area contributed by atoms with Crippen molar-refractivity contribution < 1.29 is 14.3 Å². The van der Waals surface area contributed by atoms with Crippen LogP contribution in [0.5, 0.6) is 11.5 Å². The van der Waals surface area contributed by atoms with Crippen molar-refractivity contribution in [1.29, 1.82) is 0 Å². The van der Waals surface area contributed by atoms with Crippen molar-refractivity contribution in [3.8, 4) is 11.5 Å². The Morgan fingerprint density at radius 1 is 1.19 bits per heavy atom. The lowest BCUT2D eigenvalue weighted by molar-refractivity contribution is -0.113. The number of nitrogens with one attached hydrogen (secondary N) is 1. The molecule has 0 radical (unpaired) electrons. The third-order valence-electron chi connectivity index (χ3n) is 3.40. The molecule has 26 heavy (non-hydrogen) atoms. The summed E-state index contributed by atoms with van der Waals surface area (Å²) in [5, 5.41) is 3.86. The summed E-state index contributed by atoms with van der Waals surface area (Å²) in [4.78, 5) is 16.8. The number of benzene rings is 2. The van der Waals surface area contributed by atoms with Crippen LogP contribution in [0.15, 0.2) is 34.7 Å². The van der Waals surface area contributed by atoms with Crippen LogP contribution in [-0.4, -0.2) is 30.9 Å². The summed E-state index contributed by atoms with van der Waals surface area (Å²) in [6.45, 7) is 0. The van der Waals surface area contributed by atoms with E-state index < -0.39 is 0 Å². The Balaban J connectivity index is 1.68. The molecule has 0 saturated carbocycles. The molecule has 0 aliphatic carbocycles. The lowest BCUT2D eigenvalue weighted by atomic mass is 10.2. The molecule has 0 spiro atoms. The molecule has 3 rings (SSSR count). The van der Waals surface area contributed by atoms with Gasteiger partial charge in [-0.2, -0.15) is 0 Å². The number of carbonyl (C=O) groups excluding carboxylic acids is 1. The van der Waals surface area contributed by atoms with Gasteiger partial charge in [-0.05, 0) is 18.2 Å². The standard InChI is InChI=1S/C17H14Cl2N2O3S2/c1-23-13-7-11(14(24-2)6-10(13)19)20-16(22)8-25-17-21-12-5-9(18)3-4-15(12)26-17/h3-7H,8H2,1-2H3,(H,20,22). The maximum absolute atomic E-state index is 12.3. The van der Waals surface area contributed by atoms with Crippen molar-refractivity contribution in [2.75, 3.05) is 25.3 Å². The second-order valence-electron chi connectivity index (χ2n) is 5.12. The number of anilines is 1. The number of halogens is 2. The Hall–Kier alpha value is -1.67. The van der Waals surface area contributed by atoms with Crippen LogP contribution >= 0.6 is 46.3 Å². The van der Waals surface area contributed by atoms with Crippen molar-refractivity contribution >= 4 is 68.1 Å². The van der Waals surface area contributed by atoms with Crippen molar-refractivity contribution in [1.82, 2.24) is 4.98 Å². The Morgan fingerprint density at radius 2 is 1.96 bits per heavy atom. The van der Waals surface area contributed by atoms with Gasteiger partial charge >= 0.3 is 0 Å². The summed E-state index contributed by atoms with van der Waals surface area (Å²) in [5.41, 5.74) is 1.32. The van der Waals surface area contributed by atoms with Gasteiger partial charge in [0.1, 0.15) is 11.5 Å². The summed E-state index contributed by atoms with van der Waals surface area (Å²) in [7, 11) is 3.02. The molecule has 1 N–H and O–H groups in total. The first-order valence-electron chi connectivity index (χ1n) is 7.40. The number of carbonyl (C=O) groups is 1. The predicted octanol–water partition coefficient (Wildman–Crippen LogP) is 5.35. The third kappa shape index (κ3) is 4.35. The molecular weight excluding hydrogens is 415 g/mol. The van der Waals surface area contributed by atoms with E-state index in [1.807, 2.05) is 18.2 Å². The molecule has 0 fully saturated rings. The number of thiazole rings is 1. The highest BCUT2D eigenvalue weighted by molar-refractivity contribution is 8.01. The zero-order chi connectivity index (χ0) is 18.7. The molecule has 1 amide bonds. The molecule has 136 valence electrons. The van der Waals surface area contributed by atoms with E-state index in [2.05, 4.69) is 10.3 Å². The second kappa shape index (κ2) is 8.35. The summed E-state index contributed by atoms with van der Waals surface area (Å²) in [5.74, 6) is 0.944. The molecule has 0 saturated heterocycles. The number of amides is 1. The van der Waals surface area contributed by atoms with E-state index in [1.54, 1.807) is 12.1 Å². The van der Waals surface area contributed by atoms with E-state index in [9.17, 15) is 4.79 Å². The van der Waals surface area contributed by atoms with Gasteiger partial charge in [0, 0.05) is 17.2 Å². The number of methoxy groups -OCH3 is 2. The second-order valence-corrected chi connectivity index (χ2v) is 8.21. The van der Waals surface area contributed by atoms with Crippen molar-refractivity contribution in [2.24, 2.45) is 0 Å². The number of ether oxygens (including phenoxy) is 2. The molecule has 3 aromatic rings. The maximum atomic E-state index is 12.3. The molecule has 0 unspecified atom stereocenters. The fourth-order valence-corrected chi connectivity index (χ4v) is 4.46. The number of hydrogen-bond donors (Lipinski definition) is 1. The molecule has 0 bridgehead atoms. The average Bonchev–Trinajstić information content (AvgIpc) is 3.03. The minimum absolute atomic E-state index is 0.185. The first-order valence-corrected chi connectivity index (χ1v) is 9.96. The molecule has 9 heteroatoms. The zero-order valence-corrected chi connectivity index (χ0v) is 17.0. The highest BCUT2D eigenvalue weighted by Gasteiger charge is 2.14. The van der Waals surface area contributed by atoms with Gasteiger partial charge in [-0.3, -0.25) is 4.79 Å². The monoisotopic (exact) mass is 428 g/mol. The highest BCUT2D eigenvalue weighted by Crippen LogP contribution is 2.36. The van der Waals surface area contributed by atoms with Crippen molar-refractivity contribution in [2.45, 2.75) is 4.34 Å². The van der Waals surface area contributed by atoms with Gasteiger partial charge in [0.15, 0.2) is 4.34 Å². The Morgan fingerprint density at radius 3 is 2.69 bits per heavy atom. The smallest absolute Gasteiger partial charge is 0.234 e. The third-order valence-corrected chi connectivity index (χ3v) is 6.11. The fraction of sp³-hybridized carbons (Fsp3) is 0.176. The van der Waals surface area contributed by atoms with Crippen LogP contribution in [-0.2, 0) is 4.79 Å². The fourth-order valence-electron chi connectivity index (χ4n) is 2.21. The SMILES string of the molecule is COc1cc(NC(=O)CSc2nc3cc(Cl)ccc3s2)c(OC)cc1Cl. The Kier molecular flexibility index (Phi) is 6.13. The number of fused-ring (bicyclic) bond motifs is 1. The van der Waals surface area contributed by atoms with Crippen molar-refractivity contribution in [3.63, 3.8) is 0 Å². The Bertz CT molecular complexity index is 963. The zero-order valence-electron chi connectivity index (χ0n) is 13.8. The van der Waals surface area contributed by atoms with Crippen LogP contribution in [0.1, 0.15) is 0 Å². The first-order chi connectivity index (χ1) is 12.5. The normalized spacial score (nSPS) is 10.8. The van der Waals surface area contributed by atoms with Gasteiger partial charge in [0.2, 0.25) is 5.91 Å². The molecule has 0 atom stereocenters. The molecule has 5 nitrogen and oxygen atoms in total. The van der Waals surface area contributed by atoms with Gasteiger partial charge in [-0.1, -0.05) is 35.0 Å². The van der Waals surface area contributed by atoms with Crippen LogP contribution in [0, 0.1) is 0 Å².